The van der Waals surface area contributed by atoms with Gasteiger partial charge in [0.2, 0.25) is 0 Å². The summed E-state index contributed by atoms with van der Waals surface area (Å²) in [7, 11) is 0. The Labute approximate surface area is 145 Å². The molecular formula is C20H29NO3. The van der Waals surface area contributed by atoms with Crippen molar-refractivity contribution >= 4 is 11.8 Å². The maximum Gasteiger partial charge on any atom is 0.328 e. The summed E-state index contributed by atoms with van der Waals surface area (Å²) >= 11 is 0. The van der Waals surface area contributed by atoms with E-state index in [1.807, 2.05) is 47.6 Å². The van der Waals surface area contributed by atoms with Gasteiger partial charge in [0.1, 0.15) is 17.6 Å². The number of rotatable bonds is 4. The van der Waals surface area contributed by atoms with Crippen molar-refractivity contribution in [2.24, 2.45) is 0 Å². The molecule has 1 aromatic rings. The number of nitrogens with one attached hydrogen (secondary N) is 1. The summed E-state index contributed by atoms with van der Waals surface area (Å²) in [6.07, 6.45) is 1.03. The number of carbonyl (C=O) groups is 2. The monoisotopic (exact) mass is 331 g/mol. The predicted molar refractivity (Wildman–Crippen MR) is 95.5 cm³/mol. The van der Waals surface area contributed by atoms with Gasteiger partial charge in [0, 0.05) is 29.4 Å². The second-order valence-electron chi connectivity index (χ2n) is 8.58. The summed E-state index contributed by atoms with van der Waals surface area (Å²) in [6, 6.07) is 3.74. The van der Waals surface area contributed by atoms with Gasteiger partial charge in [-0.1, -0.05) is 26.0 Å². The number of Topliss-reactive ketones (excluding diaryl/α,β-unsaturated/α-hetero) is 1. The highest BCUT2D eigenvalue weighted by Gasteiger charge is 2.36. The van der Waals surface area contributed by atoms with Crippen LogP contribution < -0.4 is 10.1 Å². The highest BCUT2D eigenvalue weighted by atomic mass is 16.5. The summed E-state index contributed by atoms with van der Waals surface area (Å²) in [6.45, 7) is 13.8. The molecule has 0 fully saturated rings. The van der Waals surface area contributed by atoms with E-state index in [9.17, 15) is 9.59 Å². The van der Waals surface area contributed by atoms with Crippen molar-refractivity contribution in [1.29, 1.82) is 0 Å². The normalized spacial score (nSPS) is 18.1. The van der Waals surface area contributed by atoms with Gasteiger partial charge in [-0.25, -0.2) is 4.79 Å². The Balaban J connectivity index is 2.44. The third-order valence-electron chi connectivity index (χ3n) is 4.33. The molecular weight excluding hydrogens is 302 g/mol. The molecule has 0 spiro atoms. The maximum absolute atomic E-state index is 12.5. The van der Waals surface area contributed by atoms with Crippen LogP contribution in [0.2, 0.25) is 0 Å². The third kappa shape index (κ3) is 4.04. The minimum Gasteiger partial charge on any atom is -0.425 e. The van der Waals surface area contributed by atoms with E-state index in [2.05, 4.69) is 11.4 Å². The van der Waals surface area contributed by atoms with E-state index >= 15 is 0 Å². The Morgan fingerprint density at radius 2 is 1.88 bits per heavy atom. The first kappa shape index (κ1) is 18.7. The number of esters is 1. The molecule has 0 saturated heterocycles. The maximum atomic E-state index is 12.5. The minimum absolute atomic E-state index is 0.131. The fourth-order valence-electron chi connectivity index (χ4n) is 3.66. The molecule has 0 aliphatic carbocycles. The van der Waals surface area contributed by atoms with Gasteiger partial charge in [0.15, 0.2) is 0 Å². The van der Waals surface area contributed by atoms with Crippen molar-refractivity contribution in [3.63, 3.8) is 0 Å². The van der Waals surface area contributed by atoms with Gasteiger partial charge in [-0.2, -0.15) is 0 Å². The Morgan fingerprint density at radius 3 is 2.42 bits per heavy atom. The van der Waals surface area contributed by atoms with Crippen molar-refractivity contribution in [3.8, 4) is 5.75 Å². The summed E-state index contributed by atoms with van der Waals surface area (Å²) in [5, 5.41) is 3.33. The Bertz CT molecular complexity index is 668. The molecule has 1 heterocycles. The number of fused-ring (bicyclic) bond motifs is 1. The van der Waals surface area contributed by atoms with Crippen LogP contribution in [0.15, 0.2) is 12.1 Å². The standard InChI is InChI=1S/C20H29NO3/c1-12-8-9-14-10-15(21-19(3,4)5)18(23)24-17(14)16(12)20(6,7)11-13(2)22/h8-9,15,21H,10-11H2,1-7H3. The van der Waals surface area contributed by atoms with Gasteiger partial charge >= 0.3 is 5.97 Å². The van der Waals surface area contributed by atoms with Crippen LogP contribution in [0.25, 0.3) is 0 Å². The second kappa shape index (κ2) is 6.32. The average Bonchev–Trinajstić information content (AvgIpc) is 2.36. The van der Waals surface area contributed by atoms with Gasteiger partial charge in [-0.05, 0) is 45.7 Å². The van der Waals surface area contributed by atoms with Crippen LogP contribution in [-0.4, -0.2) is 23.3 Å². The molecule has 24 heavy (non-hydrogen) atoms. The molecule has 132 valence electrons. The van der Waals surface area contributed by atoms with Crippen molar-refractivity contribution in [3.05, 3.63) is 28.8 Å². The molecule has 0 saturated carbocycles. The van der Waals surface area contributed by atoms with Gasteiger partial charge in [-0.3, -0.25) is 10.1 Å². The summed E-state index contributed by atoms with van der Waals surface area (Å²) in [5.74, 6) is 0.535. The highest BCUT2D eigenvalue weighted by molar-refractivity contribution is 5.83. The van der Waals surface area contributed by atoms with Gasteiger partial charge < -0.3 is 4.74 Å². The van der Waals surface area contributed by atoms with E-state index in [1.165, 1.54) is 0 Å². The van der Waals surface area contributed by atoms with Crippen molar-refractivity contribution in [1.82, 2.24) is 5.32 Å². The smallest absolute Gasteiger partial charge is 0.328 e. The molecule has 1 unspecified atom stereocenters. The number of carbonyl (C=O) groups excluding carboxylic acids is 2. The van der Waals surface area contributed by atoms with Crippen LogP contribution in [0.1, 0.15) is 64.7 Å². The lowest BCUT2D eigenvalue weighted by molar-refractivity contribution is -0.138. The van der Waals surface area contributed by atoms with Gasteiger partial charge in [0.25, 0.3) is 0 Å². The fraction of sp³-hybridized carbons (Fsp3) is 0.600. The lowest BCUT2D eigenvalue weighted by Gasteiger charge is -2.35. The minimum atomic E-state index is -0.369. The summed E-state index contributed by atoms with van der Waals surface area (Å²) in [5.41, 5.74) is 2.51. The van der Waals surface area contributed by atoms with E-state index in [4.69, 9.17) is 4.74 Å². The van der Waals surface area contributed by atoms with Crippen molar-refractivity contribution < 1.29 is 14.3 Å². The average molecular weight is 331 g/mol. The number of hydrogen-bond acceptors (Lipinski definition) is 4. The van der Waals surface area contributed by atoms with Crippen LogP contribution in [0.3, 0.4) is 0 Å². The van der Waals surface area contributed by atoms with Crippen molar-refractivity contribution in [2.75, 3.05) is 0 Å². The highest BCUT2D eigenvalue weighted by Crippen LogP contribution is 2.41. The molecule has 0 radical (unpaired) electrons. The first-order chi connectivity index (χ1) is 10.9. The van der Waals surface area contributed by atoms with E-state index < -0.39 is 0 Å². The predicted octanol–water partition coefficient (Wildman–Crippen LogP) is 3.47. The SMILES string of the molecule is CC(=O)CC(C)(C)c1c(C)ccc2c1OC(=O)C(NC(C)(C)C)C2. The molecule has 1 atom stereocenters. The molecule has 0 bridgehead atoms. The zero-order valence-electron chi connectivity index (χ0n) is 15.9. The summed E-state index contributed by atoms with van der Waals surface area (Å²) < 4.78 is 5.76. The fourth-order valence-corrected chi connectivity index (χ4v) is 3.66. The molecule has 0 aromatic heterocycles. The molecule has 1 aliphatic rings. The first-order valence-electron chi connectivity index (χ1n) is 8.52. The van der Waals surface area contributed by atoms with Crippen LogP contribution >= 0.6 is 0 Å². The zero-order chi connectivity index (χ0) is 18.3. The lowest BCUT2D eigenvalue weighted by Crippen LogP contribution is -2.52. The molecule has 2 rings (SSSR count). The molecule has 0 amide bonds. The lowest BCUT2D eigenvalue weighted by atomic mass is 9.76. The Kier molecular flexibility index (Phi) is 4.91. The van der Waals surface area contributed by atoms with E-state index in [0.717, 1.165) is 16.7 Å². The summed E-state index contributed by atoms with van der Waals surface area (Å²) in [4.78, 5) is 24.2. The van der Waals surface area contributed by atoms with Crippen molar-refractivity contribution in [2.45, 2.75) is 78.3 Å². The Hall–Kier alpha value is -1.68. The second-order valence-corrected chi connectivity index (χ2v) is 8.58. The molecule has 4 heteroatoms. The Morgan fingerprint density at radius 1 is 1.25 bits per heavy atom. The number of aryl methyl sites for hydroxylation is 1. The van der Waals surface area contributed by atoms with Crippen LogP contribution in [0.4, 0.5) is 0 Å². The first-order valence-corrected chi connectivity index (χ1v) is 8.52. The number of ketones is 1. The van der Waals surface area contributed by atoms with Crippen LogP contribution in [0.5, 0.6) is 5.75 Å². The molecule has 1 aliphatic heterocycles. The molecule has 1 N–H and O–H groups in total. The van der Waals surface area contributed by atoms with Gasteiger partial charge in [0.05, 0.1) is 0 Å². The van der Waals surface area contributed by atoms with E-state index in [1.54, 1.807) is 6.92 Å². The zero-order valence-corrected chi connectivity index (χ0v) is 15.9. The topological polar surface area (TPSA) is 55.4 Å². The van der Waals surface area contributed by atoms with E-state index in [0.29, 0.717) is 18.6 Å². The molecule has 4 nitrogen and oxygen atoms in total. The van der Waals surface area contributed by atoms with Crippen LogP contribution in [-0.2, 0) is 21.4 Å². The van der Waals surface area contributed by atoms with Crippen LogP contribution in [0, 0.1) is 6.92 Å². The number of benzene rings is 1. The number of ether oxygens (including phenoxy) is 1. The van der Waals surface area contributed by atoms with E-state index in [-0.39, 0.29) is 28.7 Å². The molecule has 1 aromatic carbocycles. The van der Waals surface area contributed by atoms with Gasteiger partial charge in [-0.15, -0.1) is 0 Å². The largest absolute Gasteiger partial charge is 0.425 e. The number of hydrogen-bond donors (Lipinski definition) is 1. The quantitative estimate of drug-likeness (QED) is 0.678. The third-order valence-corrected chi connectivity index (χ3v) is 4.33.